The van der Waals surface area contributed by atoms with E-state index in [9.17, 15) is 79.4 Å². The molecule has 0 aliphatic rings. The van der Waals surface area contributed by atoms with Crippen LogP contribution in [0, 0.1) is 0 Å². The summed E-state index contributed by atoms with van der Waals surface area (Å²) in [6.07, 6.45) is -9.20. The molecule has 1 aromatic carbocycles. The lowest BCUT2D eigenvalue weighted by Crippen LogP contribution is -2.72. The summed E-state index contributed by atoms with van der Waals surface area (Å²) in [7, 11) is 0. The van der Waals surface area contributed by atoms with Gasteiger partial charge in [0.2, 0.25) is 5.83 Å². The number of carbonyl (C=O) groups is 1. The highest BCUT2D eigenvalue weighted by molar-refractivity contribution is 5.87. The number of rotatable bonds is 9. The van der Waals surface area contributed by atoms with Crippen molar-refractivity contribution in [1.82, 2.24) is 0 Å². The fraction of sp³-hybridized carbons (Fsp3) is 0.550. The second-order valence-corrected chi connectivity index (χ2v) is 8.76. The van der Waals surface area contributed by atoms with Gasteiger partial charge in [-0.1, -0.05) is 12.1 Å². The van der Waals surface area contributed by atoms with Gasteiger partial charge in [-0.3, -0.25) is 5.32 Å². The van der Waals surface area contributed by atoms with Crippen molar-refractivity contribution in [2.75, 3.05) is 5.32 Å². The zero-order valence-corrected chi connectivity index (χ0v) is 20.0. The Labute approximate surface area is 217 Å². The Hall–Kier alpha value is -3.16. The molecule has 0 heterocycles. The van der Waals surface area contributed by atoms with E-state index >= 15 is 0 Å². The standard InChI is InChI=1S/C20H14F17NO3/c1-13(2,3)41-12(39)38-8-6-4-5-7-9(8)40-11(22)10(21)14(23,24)15(25,26)16(27,28)17(29,30)18(31,32)19(33,34)20(35,36)37/h4-7H,1-3H3,(H,38,39). The molecule has 1 aromatic rings. The van der Waals surface area contributed by atoms with E-state index in [0.29, 0.717) is 6.07 Å². The zero-order chi connectivity index (χ0) is 32.8. The van der Waals surface area contributed by atoms with Gasteiger partial charge in [-0.25, -0.2) is 4.79 Å². The Morgan fingerprint density at radius 1 is 0.659 bits per heavy atom. The molecule has 0 spiro atoms. The number of hydrogen-bond acceptors (Lipinski definition) is 3. The van der Waals surface area contributed by atoms with Gasteiger partial charge in [-0.05, 0) is 32.9 Å². The van der Waals surface area contributed by atoms with Gasteiger partial charge < -0.3 is 9.47 Å². The van der Waals surface area contributed by atoms with Crippen LogP contribution in [0.1, 0.15) is 20.8 Å². The van der Waals surface area contributed by atoms with Gasteiger partial charge >= 0.3 is 53.8 Å². The number of ether oxygens (including phenoxy) is 2. The first-order chi connectivity index (χ1) is 17.9. The summed E-state index contributed by atoms with van der Waals surface area (Å²) < 4.78 is 235. The fourth-order valence-corrected chi connectivity index (χ4v) is 2.44. The minimum atomic E-state index is -8.69. The molecule has 0 fully saturated rings. The van der Waals surface area contributed by atoms with Crippen molar-refractivity contribution >= 4 is 11.8 Å². The molecule has 0 aromatic heterocycles. The van der Waals surface area contributed by atoms with E-state index in [2.05, 4.69) is 4.74 Å². The molecule has 0 atom stereocenters. The topological polar surface area (TPSA) is 47.6 Å². The molecule has 1 amide bonds. The van der Waals surface area contributed by atoms with E-state index in [1.165, 1.54) is 20.8 Å². The summed E-state index contributed by atoms with van der Waals surface area (Å²) in [5, 5.41) is 1.77. The number of nitrogens with one attached hydrogen (secondary N) is 1. The predicted octanol–water partition coefficient (Wildman–Crippen LogP) is 8.89. The number of anilines is 1. The number of amides is 1. The van der Waals surface area contributed by atoms with Crippen molar-refractivity contribution in [3.8, 4) is 5.75 Å². The highest BCUT2D eigenvalue weighted by Gasteiger charge is 2.93. The summed E-state index contributed by atoms with van der Waals surface area (Å²) in [4.78, 5) is 11.8. The number of halogens is 17. The Morgan fingerprint density at radius 2 is 1.07 bits per heavy atom. The van der Waals surface area contributed by atoms with E-state index in [1.54, 1.807) is 5.32 Å². The molecule has 4 nitrogen and oxygen atoms in total. The SMILES string of the molecule is CC(C)(C)OC(=O)Nc1ccccc1OC(F)=C(F)C(F)(F)C(F)(F)C(F)(F)C(F)(F)C(F)(F)C(F)(F)C(F)(F)F. The van der Waals surface area contributed by atoms with Gasteiger partial charge in [-0.2, -0.15) is 74.6 Å². The summed E-state index contributed by atoms with van der Waals surface area (Å²) in [6, 6.07) is -0.599. The normalized spacial score (nSPS) is 15.3. The van der Waals surface area contributed by atoms with Crippen LogP contribution in [0.25, 0.3) is 0 Å². The Balaban J connectivity index is 3.55. The number of carbonyl (C=O) groups excluding carboxylic acids is 1. The number of para-hydroxylation sites is 2. The lowest BCUT2D eigenvalue weighted by molar-refractivity contribution is -0.451. The van der Waals surface area contributed by atoms with Crippen LogP contribution in [0.2, 0.25) is 0 Å². The number of benzene rings is 1. The largest absolute Gasteiger partial charge is 0.460 e. The summed E-state index contributed by atoms with van der Waals surface area (Å²) in [5.41, 5.74) is -2.01. The van der Waals surface area contributed by atoms with Gasteiger partial charge in [0.1, 0.15) is 5.60 Å². The minimum absolute atomic E-state index is 0.484. The first kappa shape index (κ1) is 35.9. The number of allylic oxidation sites excluding steroid dienone is 1. The molecule has 0 radical (unpaired) electrons. The molecule has 0 unspecified atom stereocenters. The fourth-order valence-electron chi connectivity index (χ4n) is 2.44. The third-order valence-corrected chi connectivity index (χ3v) is 4.50. The van der Waals surface area contributed by atoms with E-state index in [-0.39, 0.29) is 0 Å². The molecule has 0 bridgehead atoms. The molecular formula is C20H14F17NO3. The molecule has 41 heavy (non-hydrogen) atoms. The Morgan fingerprint density at radius 3 is 1.51 bits per heavy atom. The van der Waals surface area contributed by atoms with Crippen molar-refractivity contribution in [3.63, 3.8) is 0 Å². The maximum absolute atomic E-state index is 14.0. The quantitative estimate of drug-likeness (QED) is 0.217. The molecule has 1 N–H and O–H groups in total. The summed E-state index contributed by atoms with van der Waals surface area (Å²) in [5.74, 6) is -55.9. The van der Waals surface area contributed by atoms with Crippen molar-refractivity contribution < 1.29 is 88.9 Å². The van der Waals surface area contributed by atoms with E-state index < -0.39 is 76.7 Å². The van der Waals surface area contributed by atoms with Crippen LogP contribution in [-0.2, 0) is 4.74 Å². The third-order valence-electron chi connectivity index (χ3n) is 4.50. The number of hydrogen-bond donors (Lipinski definition) is 1. The minimum Gasteiger partial charge on any atom is -0.444 e. The second-order valence-electron chi connectivity index (χ2n) is 8.76. The van der Waals surface area contributed by atoms with Gasteiger partial charge in [0, 0.05) is 0 Å². The van der Waals surface area contributed by atoms with Crippen LogP contribution in [0.5, 0.6) is 5.75 Å². The lowest BCUT2D eigenvalue weighted by Gasteiger charge is -2.41. The Kier molecular flexibility index (Phi) is 9.27. The molecule has 1 rings (SSSR count). The van der Waals surface area contributed by atoms with Crippen LogP contribution in [0.4, 0.5) is 85.1 Å². The van der Waals surface area contributed by atoms with Crippen LogP contribution in [0.15, 0.2) is 36.1 Å². The molecule has 0 aliphatic heterocycles. The molecule has 0 saturated carbocycles. The zero-order valence-electron chi connectivity index (χ0n) is 20.0. The average Bonchev–Trinajstić information content (AvgIpc) is 2.76. The van der Waals surface area contributed by atoms with Crippen LogP contribution >= 0.6 is 0 Å². The first-order valence-electron chi connectivity index (χ1n) is 10.1. The monoisotopic (exact) mass is 639 g/mol. The molecule has 0 aliphatic carbocycles. The maximum atomic E-state index is 14.0. The maximum Gasteiger partial charge on any atom is 0.460 e. The third kappa shape index (κ3) is 6.21. The molecule has 236 valence electrons. The van der Waals surface area contributed by atoms with E-state index in [1.807, 2.05) is 0 Å². The van der Waals surface area contributed by atoms with Gasteiger partial charge in [0.15, 0.2) is 5.75 Å². The Bertz CT molecular complexity index is 1150. The average molecular weight is 639 g/mol. The van der Waals surface area contributed by atoms with Gasteiger partial charge in [0.05, 0.1) is 5.69 Å². The van der Waals surface area contributed by atoms with Crippen molar-refractivity contribution in [1.29, 1.82) is 0 Å². The lowest BCUT2D eigenvalue weighted by atomic mass is 9.91. The van der Waals surface area contributed by atoms with E-state index in [0.717, 1.165) is 18.2 Å². The van der Waals surface area contributed by atoms with E-state index in [4.69, 9.17) is 4.74 Å². The van der Waals surface area contributed by atoms with Gasteiger partial charge in [0.25, 0.3) is 0 Å². The van der Waals surface area contributed by atoms with Crippen molar-refractivity contribution in [2.45, 2.75) is 68.1 Å². The van der Waals surface area contributed by atoms with Gasteiger partial charge in [-0.15, -0.1) is 0 Å². The molecule has 21 heteroatoms. The van der Waals surface area contributed by atoms with Crippen LogP contribution in [0.3, 0.4) is 0 Å². The van der Waals surface area contributed by atoms with Crippen LogP contribution in [-0.4, -0.2) is 53.4 Å². The van der Waals surface area contributed by atoms with Crippen molar-refractivity contribution in [3.05, 3.63) is 36.1 Å². The first-order valence-corrected chi connectivity index (χ1v) is 10.1. The smallest absolute Gasteiger partial charge is 0.444 e. The number of alkyl halides is 15. The molecular weight excluding hydrogens is 625 g/mol. The highest BCUT2D eigenvalue weighted by atomic mass is 19.4. The highest BCUT2D eigenvalue weighted by Crippen LogP contribution is 2.63. The predicted molar refractivity (Wildman–Crippen MR) is 102 cm³/mol. The summed E-state index contributed by atoms with van der Waals surface area (Å²) >= 11 is 0. The van der Waals surface area contributed by atoms with Crippen molar-refractivity contribution in [2.24, 2.45) is 0 Å². The summed E-state index contributed by atoms with van der Waals surface area (Å²) in [6.45, 7) is 3.98. The van der Waals surface area contributed by atoms with Crippen LogP contribution < -0.4 is 10.1 Å². The molecule has 0 saturated heterocycles. The second kappa shape index (κ2) is 10.6.